The summed E-state index contributed by atoms with van der Waals surface area (Å²) in [5.74, 6) is 0.354. The summed E-state index contributed by atoms with van der Waals surface area (Å²) in [6, 6.07) is 3.44. The Morgan fingerprint density at radius 1 is 1.50 bits per heavy atom. The van der Waals surface area contributed by atoms with Crippen molar-refractivity contribution in [1.82, 2.24) is 30.9 Å². The molecule has 0 saturated carbocycles. The minimum Gasteiger partial charge on any atom is -0.377 e. The van der Waals surface area contributed by atoms with E-state index in [-0.39, 0.29) is 5.91 Å². The Morgan fingerprint density at radius 2 is 2.39 bits per heavy atom. The van der Waals surface area contributed by atoms with Crippen LogP contribution in [0.5, 0.6) is 0 Å². The van der Waals surface area contributed by atoms with E-state index in [0.717, 1.165) is 5.69 Å². The van der Waals surface area contributed by atoms with E-state index >= 15 is 0 Å². The van der Waals surface area contributed by atoms with E-state index < -0.39 is 0 Å². The first kappa shape index (κ1) is 12.0. The van der Waals surface area contributed by atoms with Crippen LogP contribution in [0.1, 0.15) is 23.2 Å². The highest BCUT2D eigenvalue weighted by atomic mass is 16.1. The van der Waals surface area contributed by atoms with Crippen LogP contribution < -0.4 is 10.6 Å². The molecule has 94 valence electrons. The van der Waals surface area contributed by atoms with E-state index in [1.54, 1.807) is 18.3 Å². The van der Waals surface area contributed by atoms with Gasteiger partial charge in [0.25, 0.3) is 5.91 Å². The van der Waals surface area contributed by atoms with Gasteiger partial charge in [0.2, 0.25) is 0 Å². The molecule has 2 aromatic heterocycles. The zero-order valence-electron chi connectivity index (χ0n) is 9.84. The third kappa shape index (κ3) is 3.00. The zero-order valence-corrected chi connectivity index (χ0v) is 9.84. The van der Waals surface area contributed by atoms with E-state index in [4.69, 9.17) is 0 Å². The molecule has 3 N–H and O–H groups in total. The summed E-state index contributed by atoms with van der Waals surface area (Å²) < 4.78 is 0. The van der Waals surface area contributed by atoms with Crippen LogP contribution in [0.3, 0.4) is 0 Å². The van der Waals surface area contributed by atoms with Crippen LogP contribution in [0.2, 0.25) is 0 Å². The molecule has 0 bridgehead atoms. The lowest BCUT2D eigenvalue weighted by atomic mass is 10.3. The molecule has 2 aromatic rings. The lowest BCUT2D eigenvalue weighted by Crippen LogP contribution is -2.23. The summed E-state index contributed by atoms with van der Waals surface area (Å²) in [5.41, 5.74) is 1.14. The molecule has 0 aliphatic rings. The van der Waals surface area contributed by atoms with Gasteiger partial charge >= 0.3 is 0 Å². The lowest BCUT2D eigenvalue weighted by molar-refractivity contribution is 0.0951. The predicted molar refractivity (Wildman–Crippen MR) is 63.7 cm³/mol. The van der Waals surface area contributed by atoms with Crippen molar-refractivity contribution in [2.45, 2.75) is 13.5 Å². The second-order valence-corrected chi connectivity index (χ2v) is 3.47. The van der Waals surface area contributed by atoms with E-state index in [2.05, 4.69) is 36.2 Å². The fourth-order valence-electron chi connectivity index (χ4n) is 1.35. The predicted octanol–water partition coefficient (Wildman–Crippen LogP) is -0.0435. The van der Waals surface area contributed by atoms with Gasteiger partial charge in [0, 0.05) is 18.4 Å². The van der Waals surface area contributed by atoms with E-state index in [9.17, 15) is 4.79 Å². The van der Waals surface area contributed by atoms with Crippen LogP contribution in [-0.4, -0.2) is 38.1 Å². The van der Waals surface area contributed by atoms with E-state index in [1.807, 2.05) is 6.92 Å². The third-order valence-corrected chi connectivity index (χ3v) is 2.17. The van der Waals surface area contributed by atoms with Crippen LogP contribution >= 0.6 is 0 Å². The molecular formula is C10H13N7O. The topological polar surface area (TPSA) is 108 Å². The van der Waals surface area contributed by atoms with Gasteiger partial charge in [-0.2, -0.15) is 5.21 Å². The van der Waals surface area contributed by atoms with Gasteiger partial charge in [0.05, 0.1) is 6.54 Å². The van der Waals surface area contributed by atoms with Gasteiger partial charge < -0.3 is 10.6 Å². The monoisotopic (exact) mass is 247 g/mol. The Kier molecular flexibility index (Phi) is 3.79. The largest absolute Gasteiger partial charge is 0.377 e. The maximum atomic E-state index is 11.6. The van der Waals surface area contributed by atoms with Crippen molar-refractivity contribution in [2.75, 3.05) is 11.9 Å². The van der Waals surface area contributed by atoms with E-state index in [1.165, 1.54) is 0 Å². The van der Waals surface area contributed by atoms with Gasteiger partial charge in [-0.05, 0) is 19.1 Å². The summed E-state index contributed by atoms with van der Waals surface area (Å²) in [7, 11) is 0. The normalized spacial score (nSPS) is 10.1. The number of rotatable bonds is 5. The van der Waals surface area contributed by atoms with Crippen molar-refractivity contribution in [2.24, 2.45) is 0 Å². The van der Waals surface area contributed by atoms with Gasteiger partial charge in [0.15, 0.2) is 5.82 Å². The number of aromatic nitrogens is 5. The average molecular weight is 247 g/mol. The number of carbonyl (C=O) groups is 1. The molecule has 0 spiro atoms. The molecule has 0 radical (unpaired) electrons. The second kappa shape index (κ2) is 5.71. The molecule has 0 atom stereocenters. The fourth-order valence-corrected chi connectivity index (χ4v) is 1.35. The highest BCUT2D eigenvalue weighted by molar-refractivity contribution is 5.93. The Bertz CT molecular complexity index is 511. The summed E-state index contributed by atoms with van der Waals surface area (Å²) in [6.07, 6.45) is 1.57. The molecule has 0 aliphatic heterocycles. The number of H-pyrrole nitrogens is 1. The number of amides is 1. The average Bonchev–Trinajstić information content (AvgIpc) is 2.90. The Labute approximate surface area is 103 Å². The maximum absolute atomic E-state index is 11.6. The van der Waals surface area contributed by atoms with Crippen LogP contribution in [0.25, 0.3) is 0 Å². The van der Waals surface area contributed by atoms with Crippen molar-refractivity contribution in [3.8, 4) is 0 Å². The molecule has 0 aromatic carbocycles. The van der Waals surface area contributed by atoms with Crippen molar-refractivity contribution in [1.29, 1.82) is 0 Å². The summed E-state index contributed by atoms with van der Waals surface area (Å²) >= 11 is 0. The molecule has 2 rings (SSSR count). The first-order valence-electron chi connectivity index (χ1n) is 5.50. The molecule has 18 heavy (non-hydrogen) atoms. The van der Waals surface area contributed by atoms with E-state index in [0.29, 0.717) is 24.6 Å². The van der Waals surface area contributed by atoms with Gasteiger partial charge in [-0.1, -0.05) is 5.21 Å². The summed E-state index contributed by atoms with van der Waals surface area (Å²) in [5, 5.41) is 19.2. The molecule has 0 aliphatic carbocycles. The smallest absolute Gasteiger partial charge is 0.269 e. The number of anilines is 1. The zero-order chi connectivity index (χ0) is 12.8. The lowest BCUT2D eigenvalue weighted by Gasteiger charge is -2.05. The number of hydrogen-bond acceptors (Lipinski definition) is 6. The molecule has 8 nitrogen and oxygen atoms in total. The number of carbonyl (C=O) groups excluding carboxylic acids is 1. The molecule has 2 heterocycles. The van der Waals surface area contributed by atoms with Crippen LogP contribution in [0.15, 0.2) is 18.3 Å². The minimum atomic E-state index is -0.194. The summed E-state index contributed by atoms with van der Waals surface area (Å²) in [6.45, 7) is 2.85. The molecule has 0 unspecified atom stereocenters. The second-order valence-electron chi connectivity index (χ2n) is 3.47. The molecular weight excluding hydrogens is 234 g/mol. The molecule has 0 fully saturated rings. The van der Waals surface area contributed by atoms with Crippen molar-refractivity contribution < 1.29 is 4.79 Å². The first-order valence-corrected chi connectivity index (χ1v) is 5.50. The number of nitrogens with one attached hydrogen (secondary N) is 3. The van der Waals surface area contributed by atoms with Crippen molar-refractivity contribution >= 4 is 11.6 Å². The number of nitrogens with zero attached hydrogens (tertiary/aromatic N) is 4. The third-order valence-electron chi connectivity index (χ3n) is 2.17. The first-order chi connectivity index (χ1) is 8.79. The van der Waals surface area contributed by atoms with Crippen LogP contribution in [0.4, 0.5) is 5.69 Å². The molecule has 8 heteroatoms. The molecule has 1 amide bonds. The van der Waals surface area contributed by atoms with Gasteiger partial charge in [-0.3, -0.25) is 9.78 Å². The Balaban J connectivity index is 2.01. The fraction of sp³-hybridized carbons (Fsp3) is 0.300. The van der Waals surface area contributed by atoms with Crippen LogP contribution in [-0.2, 0) is 6.54 Å². The van der Waals surface area contributed by atoms with Crippen molar-refractivity contribution in [3.63, 3.8) is 0 Å². The van der Waals surface area contributed by atoms with Gasteiger partial charge in [0.1, 0.15) is 5.69 Å². The SMILES string of the molecule is CCNC(=O)c1cc(NCc2nn[nH]n2)ccn1. The standard InChI is InChI=1S/C10H13N7O/c1-2-11-10(18)8-5-7(3-4-12-8)13-6-9-14-16-17-15-9/h3-5H,2,6H2,1H3,(H,11,18)(H,12,13)(H,14,15,16,17). The number of hydrogen-bond donors (Lipinski definition) is 3. The highest BCUT2D eigenvalue weighted by Gasteiger charge is 2.06. The minimum absolute atomic E-state index is 0.194. The van der Waals surface area contributed by atoms with Gasteiger partial charge in [-0.25, -0.2) is 0 Å². The maximum Gasteiger partial charge on any atom is 0.269 e. The van der Waals surface area contributed by atoms with Crippen LogP contribution in [0, 0.1) is 0 Å². The Morgan fingerprint density at radius 3 is 3.11 bits per heavy atom. The number of aromatic amines is 1. The number of tetrazole rings is 1. The molecule has 0 saturated heterocycles. The number of pyridine rings is 1. The summed E-state index contributed by atoms with van der Waals surface area (Å²) in [4.78, 5) is 15.6. The highest BCUT2D eigenvalue weighted by Crippen LogP contribution is 2.08. The quantitative estimate of drug-likeness (QED) is 0.684. The Hall–Kier alpha value is -2.51. The van der Waals surface area contributed by atoms with Gasteiger partial charge in [-0.15, -0.1) is 10.2 Å². The van der Waals surface area contributed by atoms with Crippen molar-refractivity contribution in [3.05, 3.63) is 29.8 Å².